The van der Waals surface area contributed by atoms with Crippen LogP contribution in [0.1, 0.15) is 41.4 Å². The Morgan fingerprint density at radius 1 is 1.42 bits per heavy atom. The Bertz CT molecular complexity index is 686. The van der Waals surface area contributed by atoms with E-state index in [-0.39, 0.29) is 6.04 Å². The fourth-order valence-electron chi connectivity index (χ4n) is 3.26. The highest BCUT2D eigenvalue weighted by Gasteiger charge is 2.33. The molecule has 0 saturated carbocycles. The van der Waals surface area contributed by atoms with Crippen molar-refractivity contribution < 1.29 is 9.26 Å². The van der Waals surface area contributed by atoms with E-state index in [1.165, 1.54) is 5.69 Å². The van der Waals surface area contributed by atoms with E-state index in [1.54, 1.807) is 6.08 Å². The first-order chi connectivity index (χ1) is 11.7. The van der Waals surface area contributed by atoms with Gasteiger partial charge in [0.25, 0.3) is 0 Å². The van der Waals surface area contributed by atoms with E-state index >= 15 is 0 Å². The van der Waals surface area contributed by atoms with Gasteiger partial charge in [-0.25, -0.2) is 4.68 Å². The smallest absolute Gasteiger partial charge is 0.138 e. The molecular formula is C17H25N5O2. The lowest BCUT2D eigenvalue weighted by molar-refractivity contribution is 0.0595. The summed E-state index contributed by atoms with van der Waals surface area (Å²) in [5.74, 6) is 0.876. The minimum atomic E-state index is 0.0858. The van der Waals surface area contributed by atoms with Crippen LogP contribution >= 0.6 is 0 Å². The highest BCUT2D eigenvalue weighted by Crippen LogP contribution is 2.30. The molecule has 3 heterocycles. The van der Waals surface area contributed by atoms with Crippen LogP contribution in [0.5, 0.6) is 0 Å². The third kappa shape index (κ3) is 3.14. The third-order valence-corrected chi connectivity index (χ3v) is 4.61. The fraction of sp³-hybridized carbons (Fsp3) is 0.588. The maximum absolute atomic E-state index is 5.76. The molecule has 0 radical (unpaired) electrons. The third-order valence-electron chi connectivity index (χ3n) is 4.61. The molecule has 0 N–H and O–H groups in total. The van der Waals surface area contributed by atoms with Crippen LogP contribution < -0.4 is 0 Å². The van der Waals surface area contributed by atoms with Crippen molar-refractivity contribution in [1.82, 2.24) is 25.1 Å². The zero-order valence-electron chi connectivity index (χ0n) is 14.7. The van der Waals surface area contributed by atoms with Crippen LogP contribution in [0.15, 0.2) is 17.2 Å². The number of ether oxygens (including phenoxy) is 1. The zero-order chi connectivity index (χ0) is 17.1. The molecule has 0 unspecified atom stereocenters. The van der Waals surface area contributed by atoms with Crippen LogP contribution in [0.25, 0.3) is 0 Å². The average molecular weight is 331 g/mol. The van der Waals surface area contributed by atoms with Crippen molar-refractivity contribution in [3.8, 4) is 0 Å². The first-order valence-corrected chi connectivity index (χ1v) is 8.42. The maximum Gasteiger partial charge on any atom is 0.138 e. The van der Waals surface area contributed by atoms with E-state index in [4.69, 9.17) is 9.26 Å². The lowest BCUT2D eigenvalue weighted by Crippen LogP contribution is -2.38. The summed E-state index contributed by atoms with van der Waals surface area (Å²) in [6.07, 6.45) is 2.71. The Morgan fingerprint density at radius 3 is 2.92 bits per heavy atom. The molecule has 2 aromatic heterocycles. The molecule has 1 aliphatic heterocycles. The Balaban J connectivity index is 1.85. The van der Waals surface area contributed by atoms with E-state index in [9.17, 15) is 0 Å². The maximum atomic E-state index is 5.76. The van der Waals surface area contributed by atoms with Crippen molar-refractivity contribution in [2.45, 2.75) is 46.3 Å². The molecule has 3 rings (SSSR count). The molecular weight excluding hydrogens is 306 g/mol. The van der Waals surface area contributed by atoms with E-state index in [2.05, 4.69) is 33.9 Å². The van der Waals surface area contributed by atoms with E-state index < -0.39 is 0 Å². The molecule has 2 aromatic rings. The molecule has 0 fully saturated rings. The van der Waals surface area contributed by atoms with Gasteiger partial charge in [0, 0.05) is 31.6 Å². The predicted molar refractivity (Wildman–Crippen MR) is 89.5 cm³/mol. The summed E-state index contributed by atoms with van der Waals surface area (Å²) in [5.41, 5.74) is 4.34. The minimum Gasteiger partial charge on any atom is -0.375 e. The largest absolute Gasteiger partial charge is 0.375 e. The second kappa shape index (κ2) is 7.27. The molecule has 0 spiro atoms. The number of fused-ring (bicyclic) bond motifs is 1. The predicted octanol–water partition coefficient (Wildman–Crippen LogP) is 2.20. The SMILES string of the molecule is C=CCOC[C@@H]1c2nnn(CC)c2CCN1Cc1c(C)noc1C. The Labute approximate surface area is 142 Å². The summed E-state index contributed by atoms with van der Waals surface area (Å²) in [4.78, 5) is 2.38. The molecule has 0 saturated heterocycles. The molecule has 7 heteroatoms. The van der Waals surface area contributed by atoms with Crippen LogP contribution in [-0.4, -0.2) is 44.8 Å². The molecule has 24 heavy (non-hydrogen) atoms. The van der Waals surface area contributed by atoms with Gasteiger partial charge in [0.05, 0.1) is 30.6 Å². The number of rotatable bonds is 7. The second-order valence-electron chi connectivity index (χ2n) is 6.10. The number of hydrogen-bond donors (Lipinski definition) is 0. The molecule has 0 bridgehead atoms. The van der Waals surface area contributed by atoms with E-state index in [0.717, 1.165) is 48.8 Å². The van der Waals surface area contributed by atoms with Gasteiger partial charge in [0.2, 0.25) is 0 Å². The fourth-order valence-corrected chi connectivity index (χ4v) is 3.26. The summed E-state index contributed by atoms with van der Waals surface area (Å²) in [7, 11) is 0. The number of aromatic nitrogens is 4. The van der Waals surface area contributed by atoms with Gasteiger partial charge in [-0.2, -0.15) is 0 Å². The van der Waals surface area contributed by atoms with Gasteiger partial charge in [0.1, 0.15) is 11.5 Å². The van der Waals surface area contributed by atoms with Crippen molar-refractivity contribution in [2.24, 2.45) is 0 Å². The van der Waals surface area contributed by atoms with Crippen LogP contribution in [0.3, 0.4) is 0 Å². The van der Waals surface area contributed by atoms with Crippen LogP contribution in [0.4, 0.5) is 0 Å². The lowest BCUT2D eigenvalue weighted by Gasteiger charge is -2.34. The zero-order valence-corrected chi connectivity index (χ0v) is 14.7. The van der Waals surface area contributed by atoms with Gasteiger partial charge in [-0.05, 0) is 20.8 Å². The quantitative estimate of drug-likeness (QED) is 0.572. The van der Waals surface area contributed by atoms with Crippen molar-refractivity contribution >= 4 is 0 Å². The van der Waals surface area contributed by atoms with Gasteiger partial charge >= 0.3 is 0 Å². The van der Waals surface area contributed by atoms with Crippen molar-refractivity contribution in [3.63, 3.8) is 0 Å². The molecule has 0 aromatic carbocycles. The Morgan fingerprint density at radius 2 is 2.25 bits per heavy atom. The Kier molecular flexibility index (Phi) is 5.11. The topological polar surface area (TPSA) is 69.2 Å². The molecule has 1 atom stereocenters. The lowest BCUT2D eigenvalue weighted by atomic mass is 10.0. The first kappa shape index (κ1) is 16.9. The molecule has 1 aliphatic rings. The highest BCUT2D eigenvalue weighted by molar-refractivity contribution is 5.24. The van der Waals surface area contributed by atoms with Gasteiger partial charge in [0.15, 0.2) is 0 Å². The van der Waals surface area contributed by atoms with Crippen molar-refractivity contribution in [2.75, 3.05) is 19.8 Å². The number of hydrogen-bond acceptors (Lipinski definition) is 6. The first-order valence-electron chi connectivity index (χ1n) is 8.42. The molecule has 130 valence electrons. The standard InChI is InChI=1S/C17H25N5O2/c1-5-9-23-11-16-17-15(22(6-2)20-18-17)7-8-21(16)10-14-12(3)19-24-13(14)4/h5,16H,1,6-11H2,2-4H3/t16-/m1/s1. The summed E-state index contributed by atoms with van der Waals surface area (Å²) in [6, 6.07) is 0.0858. The number of nitrogens with zero attached hydrogens (tertiary/aromatic N) is 5. The van der Waals surface area contributed by atoms with Crippen LogP contribution in [0, 0.1) is 13.8 Å². The van der Waals surface area contributed by atoms with Crippen LogP contribution in [0.2, 0.25) is 0 Å². The normalized spacial score (nSPS) is 17.9. The minimum absolute atomic E-state index is 0.0858. The van der Waals surface area contributed by atoms with Gasteiger partial charge in [-0.15, -0.1) is 11.7 Å². The van der Waals surface area contributed by atoms with E-state index in [0.29, 0.717) is 13.2 Å². The average Bonchev–Trinajstić information content (AvgIpc) is 3.14. The van der Waals surface area contributed by atoms with Gasteiger partial charge in [-0.3, -0.25) is 4.90 Å². The van der Waals surface area contributed by atoms with Gasteiger partial charge < -0.3 is 9.26 Å². The van der Waals surface area contributed by atoms with Gasteiger partial charge in [-0.1, -0.05) is 16.4 Å². The summed E-state index contributed by atoms with van der Waals surface area (Å²) in [6.45, 7) is 13.4. The molecule has 0 amide bonds. The van der Waals surface area contributed by atoms with E-state index in [1.807, 2.05) is 18.5 Å². The number of aryl methyl sites for hydroxylation is 3. The van der Waals surface area contributed by atoms with Crippen molar-refractivity contribution in [1.29, 1.82) is 0 Å². The Hall–Kier alpha value is -1.99. The molecule has 7 nitrogen and oxygen atoms in total. The summed E-state index contributed by atoms with van der Waals surface area (Å²) in [5, 5.41) is 12.8. The van der Waals surface area contributed by atoms with Crippen LogP contribution in [-0.2, 0) is 24.2 Å². The van der Waals surface area contributed by atoms with Crippen molar-refractivity contribution in [3.05, 3.63) is 41.1 Å². The summed E-state index contributed by atoms with van der Waals surface area (Å²) >= 11 is 0. The summed E-state index contributed by atoms with van der Waals surface area (Å²) < 4.78 is 13.1. The molecule has 0 aliphatic carbocycles. The highest BCUT2D eigenvalue weighted by atomic mass is 16.5. The monoisotopic (exact) mass is 331 g/mol. The second-order valence-corrected chi connectivity index (χ2v) is 6.10.